The van der Waals surface area contributed by atoms with E-state index in [9.17, 15) is 4.79 Å². The minimum atomic E-state index is -0.103. The smallest absolute Gasteiger partial charge is 0.238 e. The van der Waals surface area contributed by atoms with Crippen molar-refractivity contribution in [3.8, 4) is 5.75 Å². The van der Waals surface area contributed by atoms with Gasteiger partial charge in [-0.1, -0.05) is 29.8 Å². The van der Waals surface area contributed by atoms with Crippen LogP contribution in [0.4, 0.5) is 5.69 Å². The van der Waals surface area contributed by atoms with Gasteiger partial charge in [0.15, 0.2) is 0 Å². The molecule has 0 fully saturated rings. The summed E-state index contributed by atoms with van der Waals surface area (Å²) < 4.78 is 5.73. The molecule has 2 aromatic carbocycles. The van der Waals surface area contributed by atoms with Crippen molar-refractivity contribution in [3.63, 3.8) is 0 Å². The summed E-state index contributed by atoms with van der Waals surface area (Å²) in [7, 11) is 0. The normalized spacial score (nSPS) is 10.4. The predicted molar refractivity (Wildman–Crippen MR) is 107 cm³/mol. The maximum Gasteiger partial charge on any atom is 0.238 e. The highest BCUT2D eigenvalue weighted by atomic mass is 35.5. The molecule has 1 amide bonds. The van der Waals surface area contributed by atoms with Gasteiger partial charge >= 0.3 is 0 Å². The molecule has 0 aliphatic heterocycles. The summed E-state index contributed by atoms with van der Waals surface area (Å²) in [5, 5.41) is 6.64. The molecule has 0 aliphatic rings. The maximum absolute atomic E-state index is 12.0. The molecule has 0 atom stereocenters. The molecule has 0 radical (unpaired) electrons. The van der Waals surface area contributed by atoms with E-state index in [4.69, 9.17) is 16.3 Å². The van der Waals surface area contributed by atoms with Crippen LogP contribution in [0.2, 0.25) is 5.02 Å². The standard InChI is InChI=1S/C21H20ClN3O2/c22-18-5-3-16(4-6-18)15-27-20-9-7-19(8-10-20)25-21(26)14-24-13-17-2-1-11-23-12-17/h1-12,24H,13-15H2,(H,25,26). The summed E-state index contributed by atoms with van der Waals surface area (Å²) in [5.41, 5.74) is 2.80. The molecule has 5 nitrogen and oxygen atoms in total. The average molecular weight is 382 g/mol. The molecule has 0 unspecified atom stereocenters. The van der Waals surface area contributed by atoms with Crippen molar-refractivity contribution in [1.82, 2.24) is 10.3 Å². The molecule has 0 spiro atoms. The molecule has 27 heavy (non-hydrogen) atoms. The Morgan fingerprint density at radius 2 is 1.78 bits per heavy atom. The minimum absolute atomic E-state index is 0.103. The van der Waals surface area contributed by atoms with Crippen molar-refractivity contribution in [3.05, 3.63) is 89.2 Å². The van der Waals surface area contributed by atoms with Crippen molar-refractivity contribution in [1.29, 1.82) is 0 Å². The molecular formula is C21H20ClN3O2. The van der Waals surface area contributed by atoms with E-state index in [1.807, 2.05) is 60.7 Å². The van der Waals surface area contributed by atoms with Gasteiger partial charge < -0.3 is 15.4 Å². The highest BCUT2D eigenvalue weighted by Crippen LogP contribution is 2.18. The Morgan fingerprint density at radius 3 is 2.48 bits per heavy atom. The molecule has 3 rings (SSSR count). The number of pyridine rings is 1. The van der Waals surface area contributed by atoms with Gasteiger partial charge in [-0.05, 0) is 53.6 Å². The van der Waals surface area contributed by atoms with E-state index in [2.05, 4.69) is 15.6 Å². The number of hydrogen-bond donors (Lipinski definition) is 2. The molecule has 0 saturated carbocycles. The van der Waals surface area contributed by atoms with Crippen molar-refractivity contribution in [2.24, 2.45) is 0 Å². The quantitative estimate of drug-likeness (QED) is 0.618. The zero-order valence-corrected chi connectivity index (χ0v) is 15.4. The third kappa shape index (κ3) is 6.40. The number of anilines is 1. The van der Waals surface area contributed by atoms with Crippen LogP contribution in [0.5, 0.6) is 5.75 Å². The largest absolute Gasteiger partial charge is 0.489 e. The van der Waals surface area contributed by atoms with Crippen LogP contribution in [-0.4, -0.2) is 17.4 Å². The van der Waals surface area contributed by atoms with Gasteiger partial charge in [-0.2, -0.15) is 0 Å². The zero-order valence-electron chi connectivity index (χ0n) is 14.7. The SMILES string of the molecule is O=C(CNCc1cccnc1)Nc1ccc(OCc2ccc(Cl)cc2)cc1. The maximum atomic E-state index is 12.0. The Bertz CT molecular complexity index is 853. The van der Waals surface area contributed by atoms with Crippen molar-refractivity contribution < 1.29 is 9.53 Å². The third-order valence-electron chi connectivity index (χ3n) is 3.79. The molecule has 1 heterocycles. The number of halogens is 1. The summed E-state index contributed by atoms with van der Waals surface area (Å²) in [5.74, 6) is 0.631. The number of nitrogens with zero attached hydrogens (tertiary/aromatic N) is 1. The van der Waals surface area contributed by atoms with E-state index in [1.165, 1.54) is 0 Å². The van der Waals surface area contributed by atoms with E-state index in [0.29, 0.717) is 18.2 Å². The molecular weight excluding hydrogens is 362 g/mol. The van der Waals surface area contributed by atoms with Crippen molar-refractivity contribution in [2.45, 2.75) is 13.2 Å². The van der Waals surface area contributed by atoms with Crippen LogP contribution in [0.25, 0.3) is 0 Å². The van der Waals surface area contributed by atoms with Crippen LogP contribution in [0, 0.1) is 0 Å². The number of carbonyl (C=O) groups excluding carboxylic acids is 1. The Balaban J connectivity index is 1.41. The van der Waals surface area contributed by atoms with Gasteiger partial charge in [-0.15, -0.1) is 0 Å². The molecule has 0 saturated heterocycles. The number of ether oxygens (including phenoxy) is 1. The molecule has 2 N–H and O–H groups in total. The molecule has 138 valence electrons. The van der Waals surface area contributed by atoms with E-state index in [1.54, 1.807) is 12.4 Å². The Labute approximate surface area is 163 Å². The van der Waals surface area contributed by atoms with E-state index in [0.717, 1.165) is 22.6 Å². The van der Waals surface area contributed by atoms with Crippen molar-refractivity contribution >= 4 is 23.2 Å². The summed E-state index contributed by atoms with van der Waals surface area (Å²) in [6, 6.07) is 18.6. The van der Waals surface area contributed by atoms with Gasteiger partial charge in [0, 0.05) is 29.6 Å². The Kier molecular flexibility index (Phi) is 6.79. The number of rotatable bonds is 8. The molecule has 0 aliphatic carbocycles. The van der Waals surface area contributed by atoms with Crippen LogP contribution >= 0.6 is 11.6 Å². The molecule has 6 heteroatoms. The summed E-state index contributed by atoms with van der Waals surface area (Å²) in [6.07, 6.45) is 3.49. The lowest BCUT2D eigenvalue weighted by atomic mass is 10.2. The number of carbonyl (C=O) groups is 1. The second kappa shape index (κ2) is 9.71. The second-order valence-electron chi connectivity index (χ2n) is 5.95. The average Bonchev–Trinajstić information content (AvgIpc) is 2.69. The van der Waals surface area contributed by atoms with Gasteiger partial charge in [0.25, 0.3) is 0 Å². The fourth-order valence-corrected chi connectivity index (χ4v) is 2.54. The summed E-state index contributed by atoms with van der Waals surface area (Å²) in [4.78, 5) is 16.0. The lowest BCUT2D eigenvalue weighted by molar-refractivity contribution is -0.115. The topological polar surface area (TPSA) is 63.2 Å². The first-order valence-electron chi connectivity index (χ1n) is 8.56. The second-order valence-corrected chi connectivity index (χ2v) is 6.39. The van der Waals surface area contributed by atoms with Gasteiger partial charge in [0.2, 0.25) is 5.91 Å². The van der Waals surface area contributed by atoms with Crippen LogP contribution in [-0.2, 0) is 17.9 Å². The van der Waals surface area contributed by atoms with Crippen LogP contribution in [0.15, 0.2) is 73.1 Å². The monoisotopic (exact) mass is 381 g/mol. The molecule has 3 aromatic rings. The number of aromatic nitrogens is 1. The van der Waals surface area contributed by atoms with Crippen LogP contribution < -0.4 is 15.4 Å². The highest BCUT2D eigenvalue weighted by Gasteiger charge is 2.03. The highest BCUT2D eigenvalue weighted by molar-refractivity contribution is 6.30. The van der Waals surface area contributed by atoms with E-state index < -0.39 is 0 Å². The fraction of sp³-hybridized carbons (Fsp3) is 0.143. The number of benzene rings is 2. The Morgan fingerprint density at radius 1 is 1.00 bits per heavy atom. The first-order valence-corrected chi connectivity index (χ1v) is 8.93. The minimum Gasteiger partial charge on any atom is -0.489 e. The first kappa shape index (κ1) is 18.9. The van der Waals surface area contributed by atoms with Gasteiger partial charge in [-0.3, -0.25) is 9.78 Å². The van der Waals surface area contributed by atoms with Crippen molar-refractivity contribution in [2.75, 3.05) is 11.9 Å². The zero-order chi connectivity index (χ0) is 18.9. The van der Waals surface area contributed by atoms with Gasteiger partial charge in [0.1, 0.15) is 12.4 Å². The van der Waals surface area contributed by atoms with Crippen LogP contribution in [0.1, 0.15) is 11.1 Å². The number of amides is 1. The number of nitrogens with one attached hydrogen (secondary N) is 2. The van der Waals surface area contributed by atoms with Crippen LogP contribution in [0.3, 0.4) is 0 Å². The third-order valence-corrected chi connectivity index (χ3v) is 4.05. The summed E-state index contributed by atoms with van der Waals surface area (Å²) >= 11 is 5.87. The van der Waals surface area contributed by atoms with Gasteiger partial charge in [-0.25, -0.2) is 0 Å². The number of hydrogen-bond acceptors (Lipinski definition) is 4. The Hall–Kier alpha value is -2.89. The van der Waals surface area contributed by atoms with E-state index in [-0.39, 0.29) is 12.5 Å². The lowest BCUT2D eigenvalue weighted by Crippen LogP contribution is -2.27. The van der Waals surface area contributed by atoms with E-state index >= 15 is 0 Å². The fourth-order valence-electron chi connectivity index (χ4n) is 2.41. The predicted octanol–water partition coefficient (Wildman–Crippen LogP) is 4.04. The molecule has 1 aromatic heterocycles. The van der Waals surface area contributed by atoms with Gasteiger partial charge in [0.05, 0.1) is 6.54 Å². The first-order chi connectivity index (χ1) is 13.2. The lowest BCUT2D eigenvalue weighted by Gasteiger charge is -2.09. The summed E-state index contributed by atoms with van der Waals surface area (Å²) in [6.45, 7) is 1.28. The molecule has 0 bridgehead atoms.